The molecule has 0 atom stereocenters. The molecule has 0 amide bonds. The molecular formula is C11H16NO. The molecule has 0 aliphatic rings. The first-order valence-corrected chi connectivity index (χ1v) is 4.70. The second kappa shape index (κ2) is 5.60. The second-order valence-corrected chi connectivity index (χ2v) is 2.97. The zero-order chi connectivity index (χ0) is 9.52. The highest BCUT2D eigenvalue weighted by Crippen LogP contribution is 2.12. The summed E-state index contributed by atoms with van der Waals surface area (Å²) in [6, 6.07) is 8.77. The number of hydrogen-bond donors (Lipinski definition) is 1. The van der Waals surface area contributed by atoms with Crippen LogP contribution in [0.2, 0.25) is 0 Å². The van der Waals surface area contributed by atoms with Crippen LogP contribution in [0.5, 0.6) is 5.75 Å². The fourth-order valence-corrected chi connectivity index (χ4v) is 1.03. The Hall–Kier alpha value is -1.02. The minimum absolute atomic E-state index is 0.554. The van der Waals surface area contributed by atoms with Crippen molar-refractivity contribution in [2.24, 2.45) is 5.73 Å². The van der Waals surface area contributed by atoms with Crippen molar-refractivity contribution >= 4 is 0 Å². The van der Waals surface area contributed by atoms with Gasteiger partial charge in [-0.05, 0) is 18.1 Å². The molecule has 0 spiro atoms. The first kappa shape index (κ1) is 10.1. The van der Waals surface area contributed by atoms with E-state index in [0.29, 0.717) is 6.54 Å². The van der Waals surface area contributed by atoms with Gasteiger partial charge in [0.25, 0.3) is 0 Å². The molecular weight excluding hydrogens is 162 g/mol. The normalized spacial score (nSPS) is 10.0. The molecule has 13 heavy (non-hydrogen) atoms. The van der Waals surface area contributed by atoms with E-state index in [4.69, 9.17) is 10.5 Å². The van der Waals surface area contributed by atoms with Crippen molar-refractivity contribution in [3.63, 3.8) is 0 Å². The Kier molecular flexibility index (Phi) is 4.33. The van der Waals surface area contributed by atoms with Gasteiger partial charge in [0.2, 0.25) is 0 Å². The Morgan fingerprint density at radius 1 is 1.54 bits per heavy atom. The maximum absolute atomic E-state index is 5.50. The smallest absolute Gasteiger partial charge is 0.127 e. The van der Waals surface area contributed by atoms with Gasteiger partial charge < -0.3 is 10.5 Å². The van der Waals surface area contributed by atoms with E-state index >= 15 is 0 Å². The molecule has 0 unspecified atom stereocenters. The van der Waals surface area contributed by atoms with Crippen LogP contribution in [0.1, 0.15) is 25.3 Å². The quantitative estimate of drug-likeness (QED) is 0.701. The molecule has 2 N–H and O–H groups in total. The number of rotatable bonds is 5. The van der Waals surface area contributed by atoms with Gasteiger partial charge in [-0.25, -0.2) is 0 Å². The van der Waals surface area contributed by atoms with E-state index in [-0.39, 0.29) is 0 Å². The highest BCUT2D eigenvalue weighted by atomic mass is 16.5. The van der Waals surface area contributed by atoms with Crippen LogP contribution in [0.25, 0.3) is 0 Å². The number of nitrogens with two attached hydrogens (primary N) is 1. The third kappa shape index (κ3) is 3.47. The molecule has 0 heterocycles. The third-order valence-electron chi connectivity index (χ3n) is 1.83. The van der Waals surface area contributed by atoms with Gasteiger partial charge in [-0.15, -0.1) is 0 Å². The average molecular weight is 178 g/mol. The number of ether oxygens (including phenoxy) is 1. The van der Waals surface area contributed by atoms with E-state index in [2.05, 4.69) is 13.0 Å². The lowest BCUT2D eigenvalue weighted by molar-refractivity contribution is 0.308. The molecule has 0 fully saturated rings. The molecule has 1 aromatic rings. The molecule has 71 valence electrons. The minimum Gasteiger partial charge on any atom is -0.493 e. The van der Waals surface area contributed by atoms with Crippen molar-refractivity contribution in [1.29, 1.82) is 0 Å². The van der Waals surface area contributed by atoms with Gasteiger partial charge >= 0.3 is 0 Å². The Balaban J connectivity index is 2.46. The van der Waals surface area contributed by atoms with Crippen LogP contribution in [0, 0.1) is 6.07 Å². The van der Waals surface area contributed by atoms with Gasteiger partial charge in [0, 0.05) is 12.6 Å². The first-order valence-electron chi connectivity index (χ1n) is 4.70. The van der Waals surface area contributed by atoms with E-state index in [0.717, 1.165) is 30.8 Å². The molecule has 0 aromatic heterocycles. The number of benzene rings is 1. The maximum atomic E-state index is 5.50. The SMILES string of the molecule is CCCCOc1[c]ccc(CN)c1. The van der Waals surface area contributed by atoms with Crippen molar-refractivity contribution in [3.05, 3.63) is 29.8 Å². The molecule has 0 aliphatic heterocycles. The van der Waals surface area contributed by atoms with E-state index in [1.165, 1.54) is 0 Å². The molecule has 1 rings (SSSR count). The van der Waals surface area contributed by atoms with Gasteiger partial charge in [0.05, 0.1) is 6.61 Å². The predicted molar refractivity (Wildman–Crippen MR) is 53.6 cm³/mol. The fourth-order valence-electron chi connectivity index (χ4n) is 1.03. The molecule has 1 aromatic carbocycles. The Morgan fingerprint density at radius 2 is 2.38 bits per heavy atom. The average Bonchev–Trinajstić information content (AvgIpc) is 2.19. The fraction of sp³-hybridized carbons (Fsp3) is 0.455. The molecule has 0 saturated carbocycles. The van der Waals surface area contributed by atoms with Crippen LogP contribution in [-0.4, -0.2) is 6.61 Å². The van der Waals surface area contributed by atoms with Crippen LogP contribution in [0.15, 0.2) is 18.2 Å². The minimum atomic E-state index is 0.554. The van der Waals surface area contributed by atoms with Crippen molar-refractivity contribution in [2.75, 3.05) is 6.61 Å². The van der Waals surface area contributed by atoms with Gasteiger partial charge in [0.15, 0.2) is 0 Å². The molecule has 2 nitrogen and oxygen atoms in total. The van der Waals surface area contributed by atoms with E-state index in [1.54, 1.807) is 0 Å². The Morgan fingerprint density at radius 3 is 3.08 bits per heavy atom. The van der Waals surface area contributed by atoms with Crippen molar-refractivity contribution in [3.8, 4) is 5.75 Å². The predicted octanol–water partition coefficient (Wildman–Crippen LogP) is 2.12. The molecule has 0 bridgehead atoms. The lowest BCUT2D eigenvalue weighted by atomic mass is 10.2. The largest absolute Gasteiger partial charge is 0.493 e. The highest BCUT2D eigenvalue weighted by Gasteiger charge is 1.94. The topological polar surface area (TPSA) is 35.2 Å². The zero-order valence-corrected chi connectivity index (χ0v) is 8.05. The van der Waals surface area contributed by atoms with Crippen LogP contribution < -0.4 is 10.5 Å². The van der Waals surface area contributed by atoms with Gasteiger partial charge in [-0.2, -0.15) is 0 Å². The summed E-state index contributed by atoms with van der Waals surface area (Å²) in [6.45, 7) is 3.46. The summed E-state index contributed by atoms with van der Waals surface area (Å²) in [4.78, 5) is 0. The van der Waals surface area contributed by atoms with Crippen molar-refractivity contribution in [1.82, 2.24) is 0 Å². The third-order valence-corrected chi connectivity index (χ3v) is 1.83. The lowest BCUT2D eigenvalue weighted by Gasteiger charge is -2.05. The Bertz CT molecular complexity index is 248. The molecule has 0 saturated heterocycles. The van der Waals surface area contributed by atoms with E-state index in [1.807, 2.05) is 18.2 Å². The van der Waals surface area contributed by atoms with Crippen molar-refractivity contribution in [2.45, 2.75) is 26.3 Å². The summed E-state index contributed by atoms with van der Waals surface area (Å²) >= 11 is 0. The van der Waals surface area contributed by atoms with Crippen LogP contribution in [0.3, 0.4) is 0 Å². The lowest BCUT2D eigenvalue weighted by Crippen LogP contribution is -1.99. The van der Waals surface area contributed by atoms with Gasteiger partial charge in [-0.3, -0.25) is 0 Å². The van der Waals surface area contributed by atoms with Crippen LogP contribution in [0.4, 0.5) is 0 Å². The van der Waals surface area contributed by atoms with E-state index in [9.17, 15) is 0 Å². The summed E-state index contributed by atoms with van der Waals surface area (Å²) < 4.78 is 5.48. The summed E-state index contributed by atoms with van der Waals surface area (Å²) in [6.07, 6.45) is 2.23. The monoisotopic (exact) mass is 178 g/mol. The zero-order valence-electron chi connectivity index (χ0n) is 8.05. The maximum Gasteiger partial charge on any atom is 0.127 e. The first-order chi connectivity index (χ1) is 6.36. The van der Waals surface area contributed by atoms with Crippen LogP contribution in [-0.2, 0) is 6.54 Å². The summed E-state index contributed by atoms with van der Waals surface area (Å²) in [5, 5.41) is 0. The van der Waals surface area contributed by atoms with Crippen molar-refractivity contribution < 1.29 is 4.74 Å². The standard InChI is InChI=1S/C11H16NO/c1-2-3-7-13-11-6-4-5-10(8-11)9-12/h4-5,8H,2-3,7,9,12H2,1H3. The number of hydrogen-bond acceptors (Lipinski definition) is 2. The summed E-state index contributed by atoms with van der Waals surface area (Å²) in [5.41, 5.74) is 6.59. The number of unbranched alkanes of at least 4 members (excludes halogenated alkanes) is 1. The van der Waals surface area contributed by atoms with Crippen LogP contribution >= 0.6 is 0 Å². The molecule has 1 radical (unpaired) electrons. The second-order valence-electron chi connectivity index (χ2n) is 2.97. The van der Waals surface area contributed by atoms with E-state index < -0.39 is 0 Å². The highest BCUT2D eigenvalue weighted by molar-refractivity contribution is 5.26. The van der Waals surface area contributed by atoms with Gasteiger partial charge in [-0.1, -0.05) is 25.5 Å². The molecule has 0 aliphatic carbocycles. The Labute approximate surface area is 79.7 Å². The summed E-state index contributed by atoms with van der Waals surface area (Å²) in [7, 11) is 0. The van der Waals surface area contributed by atoms with Gasteiger partial charge in [0.1, 0.15) is 5.75 Å². The summed E-state index contributed by atoms with van der Waals surface area (Å²) in [5.74, 6) is 0.802. The molecule has 2 heteroatoms.